The molecule has 14 rings (SSSR count). The van der Waals surface area contributed by atoms with Crippen molar-refractivity contribution in [2.24, 2.45) is 0 Å². The Morgan fingerprint density at radius 2 is 0.750 bits per heavy atom. The highest BCUT2D eigenvalue weighted by Gasteiger charge is 2.26. The Kier molecular flexibility index (Phi) is 6.75. The molecule has 0 radical (unpaired) electrons. The minimum atomic E-state index is -0.0738. The smallest absolute Gasteiger partial charge is 0.0724 e. The minimum Gasteiger partial charge on any atom is -0.335 e. The maximum absolute atomic E-state index is 4.71. The van der Waals surface area contributed by atoms with Gasteiger partial charge in [-0.05, 0) is 147 Å². The maximum Gasteiger partial charge on any atom is 0.0724 e. The summed E-state index contributed by atoms with van der Waals surface area (Å²) in [5.74, 6) is 0. The van der Waals surface area contributed by atoms with Gasteiger partial charge in [0, 0.05) is 100 Å². The first-order chi connectivity index (χ1) is 31.0. The predicted octanol–water partition coefficient (Wildman–Crippen LogP) is 15.3. The van der Waals surface area contributed by atoms with Crippen LogP contribution in [-0.2, 0) is 11.1 Å². The molecule has 306 valence electrons. The van der Waals surface area contributed by atoms with E-state index in [2.05, 4.69) is 193 Å². The lowest BCUT2D eigenvalue weighted by molar-refractivity contribution is 0.423. The Labute approximate surface area is 368 Å². The van der Waals surface area contributed by atoms with Gasteiger partial charge in [0.15, 0.2) is 0 Å². The fourth-order valence-corrected chi connectivity index (χ4v) is 11.9. The van der Waals surface area contributed by atoms with Crippen LogP contribution < -0.4 is 0 Å². The van der Waals surface area contributed by atoms with Gasteiger partial charge in [-0.3, -0.25) is 9.97 Å². The number of pyridine rings is 2. The molecular formula is C58H44N6. The zero-order chi connectivity index (χ0) is 43.0. The molecule has 0 saturated heterocycles. The summed E-state index contributed by atoms with van der Waals surface area (Å²) in [7, 11) is 0. The van der Waals surface area contributed by atoms with E-state index in [1.807, 2.05) is 24.8 Å². The van der Waals surface area contributed by atoms with E-state index in [9.17, 15) is 0 Å². The van der Waals surface area contributed by atoms with Gasteiger partial charge in [-0.25, -0.2) is 0 Å². The van der Waals surface area contributed by atoms with Crippen LogP contribution in [0.3, 0.4) is 0 Å². The van der Waals surface area contributed by atoms with Gasteiger partial charge in [0.25, 0.3) is 0 Å². The van der Waals surface area contributed by atoms with Crippen molar-refractivity contribution in [3.05, 3.63) is 158 Å². The molecule has 0 aliphatic carbocycles. The third kappa shape index (κ3) is 4.54. The average Bonchev–Trinajstić information content (AvgIpc) is 4.02. The molecule has 6 heterocycles. The lowest BCUT2D eigenvalue weighted by atomic mass is 9.90. The van der Waals surface area contributed by atoms with Crippen molar-refractivity contribution in [1.82, 2.24) is 28.2 Å². The van der Waals surface area contributed by atoms with Crippen molar-refractivity contribution in [2.75, 3.05) is 0 Å². The molecule has 14 aromatic rings. The second kappa shape index (κ2) is 12.1. The van der Waals surface area contributed by atoms with Crippen molar-refractivity contribution >= 4 is 120 Å². The van der Waals surface area contributed by atoms with E-state index < -0.39 is 0 Å². The summed E-state index contributed by atoms with van der Waals surface area (Å²) in [6.07, 6.45) is 7.95. The molecule has 0 atom stereocenters. The highest BCUT2D eigenvalue weighted by atomic mass is 15.1. The summed E-state index contributed by atoms with van der Waals surface area (Å²) >= 11 is 0. The van der Waals surface area contributed by atoms with Gasteiger partial charge in [-0.2, -0.15) is 0 Å². The molecule has 0 spiro atoms. The van der Waals surface area contributed by atoms with E-state index in [-0.39, 0.29) is 11.1 Å². The van der Waals surface area contributed by atoms with Gasteiger partial charge in [-0.1, -0.05) is 60.7 Å². The van der Waals surface area contributed by atoms with Crippen LogP contribution >= 0.6 is 0 Å². The number of rotatable bonds is 2. The lowest BCUT2D eigenvalue weighted by Gasteiger charge is -2.24. The van der Waals surface area contributed by atoms with Gasteiger partial charge in [0.1, 0.15) is 0 Å². The minimum absolute atomic E-state index is 0.0738. The maximum atomic E-state index is 4.71. The van der Waals surface area contributed by atoms with Crippen LogP contribution in [0.15, 0.2) is 158 Å². The molecule has 6 nitrogen and oxygen atoms in total. The number of benzene rings is 8. The average molecular weight is 825 g/mol. The van der Waals surface area contributed by atoms with Crippen LogP contribution in [0, 0.1) is 0 Å². The van der Waals surface area contributed by atoms with Crippen LogP contribution in [0.5, 0.6) is 0 Å². The van der Waals surface area contributed by atoms with Crippen molar-refractivity contribution in [3.63, 3.8) is 0 Å². The molecule has 0 aliphatic rings. The van der Waals surface area contributed by atoms with Crippen molar-refractivity contribution in [3.8, 4) is 11.4 Å². The number of nitrogens with zero attached hydrogens (tertiary/aromatic N) is 6. The van der Waals surface area contributed by atoms with Gasteiger partial charge in [0.05, 0.1) is 34.5 Å². The van der Waals surface area contributed by atoms with E-state index in [0.29, 0.717) is 0 Å². The Balaban J connectivity index is 1.04. The van der Waals surface area contributed by atoms with E-state index in [1.165, 1.54) is 109 Å². The monoisotopic (exact) mass is 824 g/mol. The fourth-order valence-electron chi connectivity index (χ4n) is 11.9. The molecule has 8 aromatic carbocycles. The zero-order valence-electron chi connectivity index (χ0n) is 36.7. The van der Waals surface area contributed by atoms with Gasteiger partial charge < -0.3 is 18.3 Å². The fraction of sp³-hybridized carbons (Fsp3) is 0.138. The first-order valence-electron chi connectivity index (χ1n) is 22.4. The topological polar surface area (TPSA) is 45.5 Å². The highest BCUT2D eigenvalue weighted by molar-refractivity contribution is 6.37. The van der Waals surface area contributed by atoms with Crippen molar-refractivity contribution < 1.29 is 0 Å². The second-order valence-corrected chi connectivity index (χ2v) is 19.9. The summed E-state index contributed by atoms with van der Waals surface area (Å²) in [5, 5.41) is 17.6. The van der Waals surface area contributed by atoms with Crippen LogP contribution in [0.4, 0.5) is 0 Å². The molecule has 0 fully saturated rings. The van der Waals surface area contributed by atoms with Crippen LogP contribution in [0.1, 0.15) is 41.5 Å². The molecule has 0 amide bonds. The van der Waals surface area contributed by atoms with E-state index >= 15 is 0 Å². The number of fused-ring (bicyclic) bond motifs is 14. The molecule has 0 saturated carbocycles. The summed E-state index contributed by atoms with van der Waals surface area (Å²) < 4.78 is 9.83. The number of para-hydroxylation sites is 2. The molecule has 0 aliphatic heterocycles. The summed E-state index contributed by atoms with van der Waals surface area (Å²) in [4.78, 5) is 9.42. The molecule has 6 aromatic heterocycles. The Morgan fingerprint density at radius 3 is 1.19 bits per heavy atom. The second-order valence-electron chi connectivity index (χ2n) is 19.9. The van der Waals surface area contributed by atoms with E-state index in [4.69, 9.17) is 9.97 Å². The Morgan fingerprint density at radius 1 is 0.328 bits per heavy atom. The molecule has 0 bridgehead atoms. The third-order valence-corrected chi connectivity index (χ3v) is 14.1. The number of aromatic nitrogens is 6. The number of hydrogen-bond donors (Lipinski definition) is 0. The summed E-state index contributed by atoms with van der Waals surface area (Å²) in [6, 6.07) is 50.3. The zero-order valence-corrected chi connectivity index (χ0v) is 36.7. The van der Waals surface area contributed by atoms with Crippen molar-refractivity contribution in [1.29, 1.82) is 0 Å². The van der Waals surface area contributed by atoms with E-state index in [1.54, 1.807) is 0 Å². The molecular weight excluding hydrogens is 781 g/mol. The third-order valence-electron chi connectivity index (χ3n) is 14.1. The molecule has 0 N–H and O–H groups in total. The molecule has 64 heavy (non-hydrogen) atoms. The molecule has 6 heteroatoms. The lowest BCUT2D eigenvalue weighted by Crippen LogP contribution is -2.21. The summed E-state index contributed by atoms with van der Waals surface area (Å²) in [5.41, 5.74) is 11.7. The number of hydrogen-bond acceptors (Lipinski definition) is 2. The van der Waals surface area contributed by atoms with Gasteiger partial charge >= 0.3 is 0 Å². The Bertz CT molecular complexity index is 4050. The first-order valence-corrected chi connectivity index (χ1v) is 22.4. The standard InChI is InChI=1S/C58H44N6/c1-57(2,3)63-45-13-9-7-11-37(45)43-29-35(17-21-47(43)63)61-49-27-33-15-20-42-54-34(16-19-41(53(33)54)55(49)39-23-25-59-31-51(39)61)28-50-56(42)40-24-26-60-32-52(40)62(50)36-18-22-48-44(30-36)38-12-8-10-14-46(38)64(48)58(4,5)6/h7-32H,1-6H3. The SMILES string of the molecule is CC(C)(C)n1c2ccccc2c2cc(-n3c4cnccc4c4c5ccc6cc7c(c8ccc(cc43)c5c68)c3ccncc3n7-c3ccc4c(c3)c3ccccc3n4C(C)(C)C)ccc21. The summed E-state index contributed by atoms with van der Waals surface area (Å²) in [6.45, 7) is 13.7. The largest absolute Gasteiger partial charge is 0.335 e. The van der Waals surface area contributed by atoms with Crippen molar-refractivity contribution in [2.45, 2.75) is 52.6 Å². The first kappa shape index (κ1) is 35.9. The van der Waals surface area contributed by atoms with Crippen LogP contribution in [0.25, 0.3) is 131 Å². The predicted molar refractivity (Wildman–Crippen MR) is 270 cm³/mol. The molecule has 0 unspecified atom stereocenters. The normalized spacial score (nSPS) is 13.2. The van der Waals surface area contributed by atoms with E-state index in [0.717, 1.165) is 22.4 Å². The quantitative estimate of drug-likeness (QED) is 0.163. The van der Waals surface area contributed by atoms with Crippen LogP contribution in [-0.4, -0.2) is 28.2 Å². The van der Waals surface area contributed by atoms with Gasteiger partial charge in [-0.15, -0.1) is 0 Å². The highest BCUT2D eigenvalue weighted by Crippen LogP contribution is 2.48. The van der Waals surface area contributed by atoms with Gasteiger partial charge in [0.2, 0.25) is 0 Å². The van der Waals surface area contributed by atoms with Crippen LogP contribution in [0.2, 0.25) is 0 Å². The Hall–Kier alpha value is -7.70.